The number of carbonyl (C=O) groups excluding carboxylic acids is 3. The van der Waals surface area contributed by atoms with Crippen LogP contribution in [0.15, 0.2) is 66.7 Å². The SMILES string of the molecule is C[C@H](c1ccccc1)N1C(=O)C(=O)N(C/C=C\c2ccccc2)C1=O. The molecule has 1 atom stereocenters. The minimum atomic E-state index is -0.787. The fourth-order valence-electron chi connectivity index (χ4n) is 2.76. The van der Waals surface area contributed by atoms with E-state index in [1.165, 1.54) is 0 Å². The van der Waals surface area contributed by atoms with Gasteiger partial charge in [0.25, 0.3) is 0 Å². The third-order valence-corrected chi connectivity index (χ3v) is 4.15. The second-order valence-corrected chi connectivity index (χ2v) is 5.77. The summed E-state index contributed by atoms with van der Waals surface area (Å²) in [5.41, 5.74) is 1.76. The van der Waals surface area contributed by atoms with Crippen molar-refractivity contribution in [2.75, 3.05) is 6.54 Å². The van der Waals surface area contributed by atoms with Gasteiger partial charge in [-0.3, -0.25) is 14.5 Å². The van der Waals surface area contributed by atoms with Crippen LogP contribution in [0.5, 0.6) is 0 Å². The van der Waals surface area contributed by atoms with Gasteiger partial charge in [-0.25, -0.2) is 9.69 Å². The number of rotatable bonds is 5. The minimum Gasteiger partial charge on any atom is -0.263 e. The van der Waals surface area contributed by atoms with Gasteiger partial charge < -0.3 is 0 Å². The Balaban J connectivity index is 1.74. The Kier molecular flexibility index (Phi) is 4.75. The van der Waals surface area contributed by atoms with Crippen molar-refractivity contribution in [3.63, 3.8) is 0 Å². The maximum Gasteiger partial charge on any atom is 0.335 e. The summed E-state index contributed by atoms with van der Waals surface area (Å²) >= 11 is 0. The van der Waals surface area contributed by atoms with E-state index >= 15 is 0 Å². The molecular weight excluding hydrogens is 316 g/mol. The van der Waals surface area contributed by atoms with Gasteiger partial charge in [0, 0.05) is 6.54 Å². The van der Waals surface area contributed by atoms with Crippen molar-refractivity contribution >= 4 is 23.9 Å². The van der Waals surface area contributed by atoms with E-state index < -0.39 is 23.9 Å². The number of hydrogen-bond donors (Lipinski definition) is 0. The summed E-state index contributed by atoms with van der Waals surface area (Å²) < 4.78 is 0. The number of amides is 4. The molecule has 1 saturated heterocycles. The predicted octanol–water partition coefficient (Wildman–Crippen LogP) is 3.25. The molecule has 4 amide bonds. The third-order valence-electron chi connectivity index (χ3n) is 4.15. The highest BCUT2D eigenvalue weighted by molar-refractivity contribution is 6.44. The molecule has 2 aromatic rings. The van der Waals surface area contributed by atoms with E-state index in [-0.39, 0.29) is 6.54 Å². The van der Waals surface area contributed by atoms with Gasteiger partial charge in [0.15, 0.2) is 0 Å². The Morgan fingerprint density at radius 1 is 0.880 bits per heavy atom. The topological polar surface area (TPSA) is 57.7 Å². The molecule has 0 radical (unpaired) electrons. The molecule has 1 aliphatic rings. The zero-order valence-electron chi connectivity index (χ0n) is 13.8. The zero-order valence-corrected chi connectivity index (χ0v) is 13.8. The van der Waals surface area contributed by atoms with Gasteiger partial charge in [0.2, 0.25) is 0 Å². The van der Waals surface area contributed by atoms with E-state index in [4.69, 9.17) is 0 Å². The normalized spacial score (nSPS) is 16.1. The first-order valence-corrected chi connectivity index (χ1v) is 8.05. The van der Waals surface area contributed by atoms with Gasteiger partial charge in [0.05, 0.1) is 6.04 Å². The second kappa shape index (κ2) is 7.13. The van der Waals surface area contributed by atoms with Crippen molar-refractivity contribution in [3.05, 3.63) is 77.9 Å². The molecule has 2 aromatic carbocycles. The van der Waals surface area contributed by atoms with Crippen LogP contribution in [0.1, 0.15) is 24.1 Å². The highest BCUT2D eigenvalue weighted by atomic mass is 16.2. The van der Waals surface area contributed by atoms with Crippen molar-refractivity contribution < 1.29 is 14.4 Å². The molecule has 1 aliphatic heterocycles. The summed E-state index contributed by atoms with van der Waals surface area (Å²) in [7, 11) is 0. The Morgan fingerprint density at radius 2 is 1.48 bits per heavy atom. The molecule has 0 aliphatic carbocycles. The van der Waals surface area contributed by atoms with Crippen molar-refractivity contribution in [1.82, 2.24) is 9.80 Å². The van der Waals surface area contributed by atoms with Crippen LogP contribution in [-0.4, -0.2) is 34.2 Å². The first kappa shape index (κ1) is 16.6. The van der Waals surface area contributed by atoms with Crippen LogP contribution >= 0.6 is 0 Å². The lowest BCUT2D eigenvalue weighted by atomic mass is 10.1. The largest absolute Gasteiger partial charge is 0.335 e. The van der Waals surface area contributed by atoms with Crippen LogP contribution in [-0.2, 0) is 9.59 Å². The summed E-state index contributed by atoms with van der Waals surface area (Å²) in [5, 5.41) is 0. The lowest BCUT2D eigenvalue weighted by Crippen LogP contribution is -2.35. The van der Waals surface area contributed by atoms with E-state index in [1.807, 2.05) is 66.7 Å². The standard InChI is InChI=1S/C20H18N2O3/c1-15(17-12-6-3-7-13-17)22-19(24)18(23)21(20(22)25)14-8-11-16-9-4-2-5-10-16/h2-13,15H,14H2,1H3/b11-8-/t15-/m1/s1. The van der Waals surface area contributed by atoms with Crippen molar-refractivity contribution in [3.8, 4) is 0 Å². The monoisotopic (exact) mass is 334 g/mol. The second-order valence-electron chi connectivity index (χ2n) is 5.77. The molecule has 0 spiro atoms. The van der Waals surface area contributed by atoms with E-state index in [0.717, 1.165) is 20.9 Å². The van der Waals surface area contributed by atoms with Crippen LogP contribution in [0.3, 0.4) is 0 Å². The summed E-state index contributed by atoms with van der Waals surface area (Å²) in [6.45, 7) is 1.80. The maximum absolute atomic E-state index is 12.6. The van der Waals surface area contributed by atoms with Crippen molar-refractivity contribution in [1.29, 1.82) is 0 Å². The zero-order chi connectivity index (χ0) is 17.8. The Hall–Kier alpha value is -3.21. The smallest absolute Gasteiger partial charge is 0.263 e. The number of urea groups is 1. The van der Waals surface area contributed by atoms with Gasteiger partial charge in [-0.2, -0.15) is 0 Å². The summed E-state index contributed by atoms with van der Waals surface area (Å²) in [6.07, 6.45) is 3.52. The fraction of sp³-hybridized carbons (Fsp3) is 0.150. The van der Waals surface area contributed by atoms with E-state index in [1.54, 1.807) is 13.0 Å². The number of benzene rings is 2. The van der Waals surface area contributed by atoms with Crippen LogP contribution in [0.4, 0.5) is 4.79 Å². The lowest BCUT2D eigenvalue weighted by molar-refractivity contribution is -0.143. The quantitative estimate of drug-likeness (QED) is 0.623. The summed E-state index contributed by atoms with van der Waals surface area (Å²) in [4.78, 5) is 39.0. The average molecular weight is 334 g/mol. The molecule has 1 heterocycles. The van der Waals surface area contributed by atoms with Gasteiger partial charge in [-0.05, 0) is 18.1 Å². The highest BCUT2D eigenvalue weighted by Gasteiger charge is 2.46. The average Bonchev–Trinajstić information content (AvgIpc) is 2.86. The van der Waals surface area contributed by atoms with Gasteiger partial charge in [-0.1, -0.05) is 72.8 Å². The van der Waals surface area contributed by atoms with E-state index in [0.29, 0.717) is 0 Å². The lowest BCUT2D eigenvalue weighted by Gasteiger charge is -2.22. The third kappa shape index (κ3) is 3.35. The van der Waals surface area contributed by atoms with Gasteiger partial charge in [0.1, 0.15) is 0 Å². The highest BCUT2D eigenvalue weighted by Crippen LogP contribution is 2.26. The molecule has 0 unspecified atom stereocenters. The number of imide groups is 2. The number of nitrogens with zero attached hydrogens (tertiary/aromatic N) is 2. The first-order valence-electron chi connectivity index (χ1n) is 8.05. The van der Waals surface area contributed by atoms with Crippen LogP contribution in [0.25, 0.3) is 6.08 Å². The van der Waals surface area contributed by atoms with Crippen LogP contribution < -0.4 is 0 Å². The Morgan fingerprint density at radius 3 is 2.12 bits per heavy atom. The molecule has 25 heavy (non-hydrogen) atoms. The van der Waals surface area contributed by atoms with E-state index in [2.05, 4.69) is 0 Å². The summed E-state index contributed by atoms with van der Waals surface area (Å²) in [6, 6.07) is 17.6. The maximum atomic E-state index is 12.6. The molecule has 0 aromatic heterocycles. The van der Waals surface area contributed by atoms with Crippen LogP contribution in [0.2, 0.25) is 0 Å². The van der Waals surface area contributed by atoms with E-state index in [9.17, 15) is 14.4 Å². The van der Waals surface area contributed by atoms with Gasteiger partial charge in [-0.15, -0.1) is 0 Å². The molecule has 5 heteroatoms. The molecule has 0 bridgehead atoms. The Bertz CT molecular complexity index is 815. The molecule has 1 fully saturated rings. The van der Waals surface area contributed by atoms with Crippen molar-refractivity contribution in [2.24, 2.45) is 0 Å². The molecular formula is C20H18N2O3. The fourth-order valence-corrected chi connectivity index (χ4v) is 2.76. The first-order chi connectivity index (χ1) is 12.1. The molecule has 126 valence electrons. The molecule has 0 saturated carbocycles. The predicted molar refractivity (Wildman–Crippen MR) is 94.3 cm³/mol. The molecule has 3 rings (SSSR count). The number of hydrogen-bond acceptors (Lipinski definition) is 3. The Labute approximate surface area is 146 Å². The molecule has 0 N–H and O–H groups in total. The number of carbonyl (C=O) groups is 3. The minimum absolute atomic E-state index is 0.0658. The van der Waals surface area contributed by atoms with Gasteiger partial charge >= 0.3 is 17.8 Å². The summed E-state index contributed by atoms with van der Waals surface area (Å²) in [5.74, 6) is -1.57. The van der Waals surface area contributed by atoms with Crippen molar-refractivity contribution in [2.45, 2.75) is 13.0 Å². The van der Waals surface area contributed by atoms with Crippen LogP contribution in [0, 0.1) is 0 Å². The molecule has 5 nitrogen and oxygen atoms in total.